The van der Waals surface area contributed by atoms with Crippen LogP contribution in [0.1, 0.15) is 5.56 Å². The number of rotatable bonds is 6. The van der Waals surface area contributed by atoms with Crippen LogP contribution in [0.4, 0.5) is 5.69 Å². The number of aromatic amines is 1. The molecule has 0 aliphatic carbocycles. The van der Waals surface area contributed by atoms with Crippen molar-refractivity contribution in [2.75, 3.05) is 18.9 Å². The van der Waals surface area contributed by atoms with Gasteiger partial charge in [0.25, 0.3) is 10.0 Å². The minimum absolute atomic E-state index is 0.0506. The standard InChI is InChI=1S/C12H16N4O3S/c1-13-7-9-8-14-15-12(9)20(17,18)16-10-4-3-5-11(6-10)19-2/h3-6,8,13,16H,7H2,1-2H3,(H,14,15). The quantitative estimate of drug-likeness (QED) is 0.737. The molecule has 0 bridgehead atoms. The van der Waals surface area contributed by atoms with E-state index >= 15 is 0 Å². The van der Waals surface area contributed by atoms with Gasteiger partial charge >= 0.3 is 0 Å². The Bertz CT molecular complexity index is 682. The number of hydrogen-bond donors (Lipinski definition) is 3. The maximum absolute atomic E-state index is 12.3. The fourth-order valence-corrected chi connectivity index (χ4v) is 2.92. The number of methoxy groups -OCH3 is 1. The molecule has 0 amide bonds. The Hall–Kier alpha value is -2.06. The van der Waals surface area contributed by atoms with Crippen LogP contribution >= 0.6 is 0 Å². The van der Waals surface area contributed by atoms with Crippen molar-refractivity contribution in [1.82, 2.24) is 15.5 Å². The number of benzene rings is 1. The number of anilines is 1. The predicted molar refractivity (Wildman–Crippen MR) is 75.2 cm³/mol. The van der Waals surface area contributed by atoms with Crippen molar-refractivity contribution in [1.29, 1.82) is 0 Å². The van der Waals surface area contributed by atoms with E-state index in [0.717, 1.165) is 0 Å². The highest BCUT2D eigenvalue weighted by Crippen LogP contribution is 2.21. The number of hydrogen-bond acceptors (Lipinski definition) is 5. The van der Waals surface area contributed by atoms with Crippen molar-refractivity contribution in [3.05, 3.63) is 36.0 Å². The van der Waals surface area contributed by atoms with Crippen LogP contribution < -0.4 is 14.8 Å². The fraction of sp³-hybridized carbons (Fsp3) is 0.250. The summed E-state index contributed by atoms with van der Waals surface area (Å²) < 4.78 is 32.2. The third-order valence-corrected chi connectivity index (χ3v) is 4.03. The molecule has 0 fully saturated rings. The van der Waals surface area contributed by atoms with Crippen molar-refractivity contribution in [3.63, 3.8) is 0 Å². The Morgan fingerprint density at radius 1 is 1.40 bits per heavy atom. The van der Waals surface area contributed by atoms with Crippen molar-refractivity contribution in [2.45, 2.75) is 11.6 Å². The zero-order valence-corrected chi connectivity index (χ0v) is 12.0. The molecule has 0 atom stereocenters. The van der Waals surface area contributed by atoms with E-state index in [-0.39, 0.29) is 5.03 Å². The van der Waals surface area contributed by atoms with Crippen LogP contribution in [0.2, 0.25) is 0 Å². The second-order valence-electron chi connectivity index (χ2n) is 4.09. The Labute approximate surface area is 117 Å². The van der Waals surface area contributed by atoms with Crippen molar-refractivity contribution in [2.24, 2.45) is 0 Å². The fourth-order valence-electron chi connectivity index (χ4n) is 1.74. The van der Waals surface area contributed by atoms with Crippen LogP contribution in [0.3, 0.4) is 0 Å². The van der Waals surface area contributed by atoms with Gasteiger partial charge in [0.1, 0.15) is 5.75 Å². The monoisotopic (exact) mass is 296 g/mol. The molecule has 2 aromatic rings. The summed E-state index contributed by atoms with van der Waals surface area (Å²) in [6.45, 7) is 0.408. The third-order valence-electron chi connectivity index (χ3n) is 2.64. The molecule has 7 nitrogen and oxygen atoms in total. The zero-order chi connectivity index (χ0) is 14.6. The summed E-state index contributed by atoms with van der Waals surface area (Å²) in [6, 6.07) is 6.69. The summed E-state index contributed by atoms with van der Waals surface area (Å²) >= 11 is 0. The number of H-pyrrole nitrogens is 1. The second-order valence-corrected chi connectivity index (χ2v) is 5.71. The summed E-state index contributed by atoms with van der Waals surface area (Å²) in [5.74, 6) is 0.574. The smallest absolute Gasteiger partial charge is 0.279 e. The summed E-state index contributed by atoms with van der Waals surface area (Å²) in [5.41, 5.74) is 0.997. The van der Waals surface area contributed by atoms with E-state index in [2.05, 4.69) is 20.2 Å². The maximum Gasteiger partial charge on any atom is 0.279 e. The molecule has 108 valence electrons. The van der Waals surface area contributed by atoms with Gasteiger partial charge < -0.3 is 10.1 Å². The molecule has 1 aromatic carbocycles. The topological polar surface area (TPSA) is 96.1 Å². The summed E-state index contributed by atoms with van der Waals surface area (Å²) in [4.78, 5) is 0. The molecule has 1 aromatic heterocycles. The third kappa shape index (κ3) is 3.09. The molecule has 20 heavy (non-hydrogen) atoms. The Kier molecular flexibility index (Phi) is 4.26. The van der Waals surface area contributed by atoms with E-state index in [9.17, 15) is 8.42 Å². The summed E-state index contributed by atoms with van der Waals surface area (Å²) in [7, 11) is -0.455. The van der Waals surface area contributed by atoms with E-state index in [1.54, 1.807) is 31.3 Å². The summed E-state index contributed by atoms with van der Waals surface area (Å²) in [6.07, 6.45) is 1.48. The Balaban J connectivity index is 2.28. The molecule has 0 unspecified atom stereocenters. The van der Waals surface area contributed by atoms with E-state index in [1.807, 2.05) is 0 Å². The molecule has 0 saturated heterocycles. The van der Waals surface area contributed by atoms with Crippen LogP contribution in [0.15, 0.2) is 35.5 Å². The first kappa shape index (κ1) is 14.4. The number of nitrogens with one attached hydrogen (secondary N) is 3. The van der Waals surface area contributed by atoms with E-state index in [1.165, 1.54) is 13.3 Å². The molecular formula is C12H16N4O3S. The van der Waals surface area contributed by atoms with E-state index < -0.39 is 10.0 Å². The van der Waals surface area contributed by atoms with Gasteiger partial charge in [-0.25, -0.2) is 0 Å². The number of nitrogens with zero attached hydrogens (tertiary/aromatic N) is 1. The molecule has 0 radical (unpaired) electrons. The van der Waals surface area contributed by atoms with E-state index in [0.29, 0.717) is 23.5 Å². The van der Waals surface area contributed by atoms with Crippen LogP contribution in [0.25, 0.3) is 0 Å². The first-order valence-corrected chi connectivity index (χ1v) is 7.39. The van der Waals surface area contributed by atoms with Crippen LogP contribution in [0, 0.1) is 0 Å². The number of ether oxygens (including phenoxy) is 1. The van der Waals surface area contributed by atoms with Crippen molar-refractivity contribution < 1.29 is 13.2 Å². The molecular weight excluding hydrogens is 280 g/mol. The van der Waals surface area contributed by atoms with Gasteiger partial charge in [-0.15, -0.1) is 0 Å². The minimum Gasteiger partial charge on any atom is -0.497 e. The van der Waals surface area contributed by atoms with Gasteiger partial charge in [0, 0.05) is 18.2 Å². The summed E-state index contributed by atoms with van der Waals surface area (Å²) in [5, 5.41) is 9.22. The molecule has 0 spiro atoms. The zero-order valence-electron chi connectivity index (χ0n) is 11.2. The van der Waals surface area contributed by atoms with Gasteiger partial charge in [-0.2, -0.15) is 13.5 Å². The average molecular weight is 296 g/mol. The maximum atomic E-state index is 12.3. The van der Waals surface area contributed by atoms with Gasteiger partial charge in [-0.3, -0.25) is 9.82 Å². The van der Waals surface area contributed by atoms with Gasteiger partial charge in [0.05, 0.1) is 19.0 Å². The Morgan fingerprint density at radius 3 is 2.90 bits per heavy atom. The molecule has 3 N–H and O–H groups in total. The normalized spacial score (nSPS) is 11.3. The highest BCUT2D eigenvalue weighted by molar-refractivity contribution is 7.92. The first-order chi connectivity index (χ1) is 9.56. The molecule has 0 saturated carbocycles. The number of aromatic nitrogens is 2. The predicted octanol–water partition coefficient (Wildman–Crippen LogP) is 0.938. The molecule has 1 heterocycles. The molecule has 0 aliphatic rings. The van der Waals surface area contributed by atoms with Gasteiger partial charge in [-0.1, -0.05) is 6.07 Å². The lowest BCUT2D eigenvalue weighted by molar-refractivity contribution is 0.415. The Morgan fingerprint density at radius 2 is 2.20 bits per heavy atom. The van der Waals surface area contributed by atoms with Crippen LogP contribution in [-0.4, -0.2) is 32.8 Å². The lowest BCUT2D eigenvalue weighted by Crippen LogP contribution is -2.17. The van der Waals surface area contributed by atoms with Gasteiger partial charge in [0.15, 0.2) is 5.03 Å². The molecule has 2 rings (SSSR count). The highest BCUT2D eigenvalue weighted by Gasteiger charge is 2.20. The van der Waals surface area contributed by atoms with Crippen LogP contribution in [-0.2, 0) is 16.6 Å². The molecule has 0 aliphatic heterocycles. The van der Waals surface area contributed by atoms with E-state index in [4.69, 9.17) is 4.74 Å². The molecule has 8 heteroatoms. The highest BCUT2D eigenvalue weighted by atomic mass is 32.2. The van der Waals surface area contributed by atoms with Crippen molar-refractivity contribution >= 4 is 15.7 Å². The second kappa shape index (κ2) is 5.93. The first-order valence-electron chi connectivity index (χ1n) is 5.90. The van der Waals surface area contributed by atoms with Gasteiger partial charge in [-0.05, 0) is 19.2 Å². The minimum atomic E-state index is -3.71. The van der Waals surface area contributed by atoms with Crippen LogP contribution in [0.5, 0.6) is 5.75 Å². The van der Waals surface area contributed by atoms with Crippen molar-refractivity contribution in [3.8, 4) is 5.75 Å². The lowest BCUT2D eigenvalue weighted by atomic mass is 10.3. The largest absolute Gasteiger partial charge is 0.497 e. The van der Waals surface area contributed by atoms with Gasteiger partial charge in [0.2, 0.25) is 0 Å². The lowest BCUT2D eigenvalue weighted by Gasteiger charge is -2.09. The SMILES string of the molecule is CNCc1cn[nH]c1S(=O)(=O)Nc1cccc(OC)c1. The number of sulfonamides is 1. The average Bonchev–Trinajstić information content (AvgIpc) is 2.88.